The lowest BCUT2D eigenvalue weighted by atomic mass is 9.74. The van der Waals surface area contributed by atoms with Gasteiger partial charge in [0.05, 0.1) is 11.6 Å². The van der Waals surface area contributed by atoms with Crippen LogP contribution in [0.5, 0.6) is 0 Å². The van der Waals surface area contributed by atoms with Gasteiger partial charge in [-0.15, -0.1) is 0 Å². The van der Waals surface area contributed by atoms with Gasteiger partial charge in [-0.3, -0.25) is 5.43 Å². The van der Waals surface area contributed by atoms with Crippen LogP contribution in [0.1, 0.15) is 35.6 Å². The fourth-order valence-electron chi connectivity index (χ4n) is 4.95. The number of aliphatic hydroxyl groups is 1. The number of piperidine rings is 1. The average molecular weight is 452 g/mol. The number of nitrogens with one attached hydrogen (secondary N) is 2. The van der Waals surface area contributed by atoms with Gasteiger partial charge < -0.3 is 10.0 Å². The van der Waals surface area contributed by atoms with Crippen molar-refractivity contribution in [3.05, 3.63) is 71.0 Å². The van der Waals surface area contributed by atoms with E-state index in [1.54, 1.807) is 18.2 Å². The first-order valence-corrected chi connectivity index (χ1v) is 11.0. The fourth-order valence-corrected chi connectivity index (χ4v) is 4.95. The summed E-state index contributed by atoms with van der Waals surface area (Å²) < 4.78 is 52.4. The first-order chi connectivity index (χ1) is 15.3. The lowest BCUT2D eigenvalue weighted by Crippen LogP contribution is -2.45. The van der Waals surface area contributed by atoms with Crippen LogP contribution in [0.3, 0.4) is 0 Å². The Bertz CT molecular complexity index is 895. The Labute approximate surface area is 185 Å². The van der Waals surface area contributed by atoms with Gasteiger partial charge in [0.25, 0.3) is 0 Å². The Morgan fingerprint density at radius 2 is 1.78 bits per heavy atom. The molecule has 174 valence electrons. The Morgan fingerprint density at radius 1 is 1.06 bits per heavy atom. The van der Waals surface area contributed by atoms with Gasteiger partial charge in [-0.2, -0.15) is 13.2 Å². The van der Waals surface area contributed by atoms with E-state index in [9.17, 15) is 22.7 Å². The molecule has 0 amide bonds. The molecule has 32 heavy (non-hydrogen) atoms. The monoisotopic (exact) mass is 451 g/mol. The van der Waals surface area contributed by atoms with Crippen LogP contribution in [-0.2, 0) is 12.6 Å². The van der Waals surface area contributed by atoms with E-state index in [1.807, 2.05) is 0 Å². The highest BCUT2D eigenvalue weighted by Crippen LogP contribution is 2.37. The van der Waals surface area contributed by atoms with E-state index >= 15 is 0 Å². The maximum Gasteiger partial charge on any atom is 0.416 e. The van der Waals surface area contributed by atoms with Gasteiger partial charge >= 0.3 is 6.18 Å². The number of nitrogens with zero attached hydrogens (tertiary/aromatic N) is 1. The fraction of sp³-hybridized carbons (Fsp3) is 0.500. The molecule has 0 radical (unpaired) electrons. The average Bonchev–Trinajstić information content (AvgIpc) is 3.23. The summed E-state index contributed by atoms with van der Waals surface area (Å²) in [7, 11) is 0. The number of hydrogen-bond acceptors (Lipinski definition) is 4. The maximum absolute atomic E-state index is 13.3. The van der Waals surface area contributed by atoms with E-state index in [2.05, 4.69) is 15.8 Å². The van der Waals surface area contributed by atoms with Crippen LogP contribution < -0.4 is 10.9 Å². The lowest BCUT2D eigenvalue weighted by Gasteiger charge is -2.42. The SMILES string of the molecule is OCC1(Cc2cccc(C(F)(F)F)c2)CCN(CC2CNNC2c2ccc(F)cc2)CC1. The zero-order valence-electron chi connectivity index (χ0n) is 17.8. The Kier molecular flexibility index (Phi) is 6.86. The van der Waals surface area contributed by atoms with Crippen LogP contribution in [0.15, 0.2) is 48.5 Å². The molecule has 0 aliphatic carbocycles. The molecule has 3 N–H and O–H groups in total. The molecule has 2 unspecified atom stereocenters. The molecule has 2 saturated heterocycles. The van der Waals surface area contributed by atoms with Crippen LogP contribution in [0.2, 0.25) is 0 Å². The van der Waals surface area contributed by atoms with Gasteiger partial charge in [-0.25, -0.2) is 9.82 Å². The minimum Gasteiger partial charge on any atom is -0.396 e. The third-order valence-corrected chi connectivity index (χ3v) is 6.90. The largest absolute Gasteiger partial charge is 0.416 e. The summed E-state index contributed by atoms with van der Waals surface area (Å²) in [6.07, 6.45) is -2.47. The van der Waals surface area contributed by atoms with Gasteiger partial charge in [0, 0.05) is 25.6 Å². The number of rotatable bonds is 6. The molecule has 2 heterocycles. The number of hydrazine groups is 1. The highest BCUT2D eigenvalue weighted by Gasteiger charge is 2.37. The van der Waals surface area contributed by atoms with Crippen molar-refractivity contribution in [1.29, 1.82) is 0 Å². The number of alkyl halides is 3. The van der Waals surface area contributed by atoms with Gasteiger partial charge in [0.2, 0.25) is 0 Å². The molecule has 2 fully saturated rings. The molecule has 2 aliphatic heterocycles. The Hall–Kier alpha value is -2.00. The molecule has 0 saturated carbocycles. The molecule has 2 aromatic rings. The Balaban J connectivity index is 1.36. The second-order valence-electron chi connectivity index (χ2n) is 9.15. The third kappa shape index (κ3) is 5.31. The molecule has 0 spiro atoms. The quantitative estimate of drug-likeness (QED) is 0.583. The van der Waals surface area contributed by atoms with Crippen LogP contribution in [0, 0.1) is 17.2 Å². The second kappa shape index (κ2) is 9.47. The van der Waals surface area contributed by atoms with E-state index in [4.69, 9.17) is 0 Å². The zero-order valence-corrected chi connectivity index (χ0v) is 17.8. The van der Waals surface area contributed by atoms with Crippen molar-refractivity contribution in [2.75, 3.05) is 32.8 Å². The van der Waals surface area contributed by atoms with Gasteiger partial charge in [-0.1, -0.05) is 30.3 Å². The Morgan fingerprint density at radius 3 is 2.44 bits per heavy atom. The van der Waals surface area contributed by atoms with E-state index in [0.29, 0.717) is 17.9 Å². The van der Waals surface area contributed by atoms with Crippen molar-refractivity contribution in [2.45, 2.75) is 31.5 Å². The predicted octanol–water partition coefficient (Wildman–Crippen LogP) is 3.93. The number of benzene rings is 2. The van der Waals surface area contributed by atoms with Crippen molar-refractivity contribution < 1.29 is 22.7 Å². The van der Waals surface area contributed by atoms with E-state index < -0.39 is 17.2 Å². The molecule has 2 aromatic carbocycles. The number of halogens is 4. The highest BCUT2D eigenvalue weighted by molar-refractivity contribution is 5.27. The summed E-state index contributed by atoms with van der Waals surface area (Å²) in [5.41, 5.74) is 7.08. The van der Waals surface area contributed by atoms with Crippen LogP contribution >= 0.6 is 0 Å². The first kappa shape index (κ1) is 23.2. The molecule has 0 bridgehead atoms. The number of likely N-dealkylation sites (tertiary alicyclic amines) is 1. The molecular formula is C24H29F4N3O. The summed E-state index contributed by atoms with van der Waals surface area (Å²) in [6, 6.07) is 12.1. The minimum absolute atomic E-state index is 0.0399. The third-order valence-electron chi connectivity index (χ3n) is 6.90. The van der Waals surface area contributed by atoms with Crippen molar-refractivity contribution >= 4 is 0 Å². The van der Waals surface area contributed by atoms with Gasteiger partial charge in [0.1, 0.15) is 5.82 Å². The summed E-state index contributed by atoms with van der Waals surface area (Å²) in [5.74, 6) is 0.0546. The summed E-state index contributed by atoms with van der Waals surface area (Å²) in [6.45, 7) is 3.18. The number of aliphatic hydroxyl groups excluding tert-OH is 1. The molecule has 2 aliphatic rings. The van der Waals surface area contributed by atoms with E-state index in [0.717, 1.165) is 50.7 Å². The standard InChI is InChI=1S/C24H29F4N3O/c25-21-6-4-18(5-7-21)22-19(14-29-30-22)15-31-10-8-23(16-32,9-11-31)13-17-2-1-3-20(12-17)24(26,27)28/h1-7,12,19,22,29-30,32H,8-11,13-16H2. The van der Waals surface area contributed by atoms with Gasteiger partial charge in [0.15, 0.2) is 0 Å². The molecule has 4 nitrogen and oxygen atoms in total. The lowest BCUT2D eigenvalue weighted by molar-refractivity contribution is -0.137. The smallest absolute Gasteiger partial charge is 0.396 e. The van der Waals surface area contributed by atoms with Crippen molar-refractivity contribution in [1.82, 2.24) is 15.8 Å². The molecule has 8 heteroatoms. The van der Waals surface area contributed by atoms with E-state index in [1.165, 1.54) is 24.3 Å². The normalized spacial score (nSPS) is 24.0. The zero-order chi connectivity index (χ0) is 22.8. The molecule has 0 aromatic heterocycles. The molecular weight excluding hydrogens is 422 g/mol. The maximum atomic E-state index is 13.3. The highest BCUT2D eigenvalue weighted by atomic mass is 19.4. The number of hydrogen-bond donors (Lipinski definition) is 3. The summed E-state index contributed by atoms with van der Waals surface area (Å²) in [5, 5.41) is 10.1. The van der Waals surface area contributed by atoms with Crippen molar-refractivity contribution in [3.63, 3.8) is 0 Å². The van der Waals surface area contributed by atoms with Crippen molar-refractivity contribution in [2.24, 2.45) is 11.3 Å². The topological polar surface area (TPSA) is 47.5 Å². The van der Waals surface area contributed by atoms with Crippen LogP contribution in [0.25, 0.3) is 0 Å². The van der Waals surface area contributed by atoms with Crippen LogP contribution in [0.4, 0.5) is 17.6 Å². The first-order valence-electron chi connectivity index (χ1n) is 11.0. The van der Waals surface area contributed by atoms with Gasteiger partial charge in [-0.05, 0) is 67.1 Å². The van der Waals surface area contributed by atoms with Crippen LogP contribution in [-0.4, -0.2) is 42.8 Å². The second-order valence-corrected chi connectivity index (χ2v) is 9.15. The molecule has 2 atom stereocenters. The van der Waals surface area contributed by atoms with Crippen molar-refractivity contribution in [3.8, 4) is 0 Å². The molecule has 4 rings (SSSR count). The predicted molar refractivity (Wildman–Crippen MR) is 114 cm³/mol. The van der Waals surface area contributed by atoms with E-state index in [-0.39, 0.29) is 18.5 Å². The summed E-state index contributed by atoms with van der Waals surface area (Å²) in [4.78, 5) is 2.36. The summed E-state index contributed by atoms with van der Waals surface area (Å²) >= 11 is 0. The minimum atomic E-state index is -4.36.